The molecule has 0 heterocycles. The van der Waals surface area contributed by atoms with E-state index in [0.29, 0.717) is 17.6 Å². The predicted octanol–water partition coefficient (Wildman–Crippen LogP) is 3.00. The third kappa shape index (κ3) is 3.61. The first kappa shape index (κ1) is 10.1. The van der Waals surface area contributed by atoms with Gasteiger partial charge in [-0.15, -0.1) is 0 Å². The Balaban J connectivity index is 2.18. The van der Waals surface area contributed by atoms with Gasteiger partial charge in [-0.3, -0.25) is 0 Å². The maximum absolute atomic E-state index is 5.73. The summed E-state index contributed by atoms with van der Waals surface area (Å²) in [6.45, 7) is 0.684. The second-order valence-electron chi connectivity index (χ2n) is 2.92. The largest absolute Gasteiger partial charge is 0.309 e. The molecule has 0 saturated heterocycles. The van der Waals surface area contributed by atoms with Gasteiger partial charge in [-0.05, 0) is 19.3 Å². The Hall–Kier alpha value is 0.0200. The molecule has 0 bridgehead atoms. The molecule has 1 nitrogen and oxygen atoms in total. The smallest absolute Gasteiger partial charge is 0.0432 e. The first-order valence-corrected chi connectivity index (χ1v) is 4.97. The van der Waals surface area contributed by atoms with Crippen LogP contribution in [0.15, 0.2) is 22.7 Å². The summed E-state index contributed by atoms with van der Waals surface area (Å²) in [5, 5.41) is 4.01. The van der Waals surface area contributed by atoms with Crippen LogP contribution in [0.1, 0.15) is 19.3 Å². The van der Waals surface area contributed by atoms with Crippen molar-refractivity contribution in [2.24, 2.45) is 0 Å². The molecule has 1 atom stereocenters. The molecule has 0 aromatic rings. The molecule has 0 fully saturated rings. The van der Waals surface area contributed by atoms with E-state index < -0.39 is 0 Å². The Morgan fingerprint density at radius 1 is 1.58 bits per heavy atom. The fraction of sp³-hybridized carbons (Fsp3) is 0.556. The van der Waals surface area contributed by atoms with E-state index in [9.17, 15) is 0 Å². The second kappa shape index (κ2) is 5.63. The number of allylic oxidation sites excluding steroid dienone is 1. The lowest BCUT2D eigenvalue weighted by Gasteiger charge is -2.18. The summed E-state index contributed by atoms with van der Waals surface area (Å²) in [4.78, 5) is 0. The topological polar surface area (TPSA) is 12.0 Å². The summed E-state index contributed by atoms with van der Waals surface area (Å²) < 4.78 is 0. The molecule has 0 aromatic heterocycles. The van der Waals surface area contributed by atoms with Crippen molar-refractivity contribution in [1.29, 1.82) is 0 Å². The lowest BCUT2D eigenvalue weighted by Crippen LogP contribution is -2.30. The van der Waals surface area contributed by atoms with Gasteiger partial charge in [0.2, 0.25) is 0 Å². The van der Waals surface area contributed by atoms with E-state index in [4.69, 9.17) is 23.2 Å². The molecule has 0 saturated carbocycles. The highest BCUT2D eigenvalue weighted by Crippen LogP contribution is 2.11. The van der Waals surface area contributed by atoms with E-state index in [2.05, 4.69) is 17.5 Å². The number of hydrogen-bond acceptors (Lipinski definition) is 1. The average Bonchev–Trinajstić information content (AvgIpc) is 2.16. The van der Waals surface area contributed by atoms with Gasteiger partial charge in [0.15, 0.2) is 0 Å². The summed E-state index contributed by atoms with van der Waals surface area (Å²) in [7, 11) is 0. The van der Waals surface area contributed by atoms with Gasteiger partial charge in [0, 0.05) is 23.2 Å². The van der Waals surface area contributed by atoms with Crippen molar-refractivity contribution >= 4 is 23.2 Å². The number of hydrogen-bond donors (Lipinski definition) is 1. The van der Waals surface area contributed by atoms with Gasteiger partial charge in [-0.1, -0.05) is 35.4 Å². The SMILES string of the molecule is ClC=C(Cl)CNC1CC=CCC1. The van der Waals surface area contributed by atoms with Crippen LogP contribution in [0.25, 0.3) is 0 Å². The van der Waals surface area contributed by atoms with Crippen LogP contribution in [0.3, 0.4) is 0 Å². The lowest BCUT2D eigenvalue weighted by molar-refractivity contribution is 0.497. The average molecular weight is 206 g/mol. The maximum Gasteiger partial charge on any atom is 0.0432 e. The van der Waals surface area contributed by atoms with Crippen LogP contribution in [-0.2, 0) is 0 Å². The molecular weight excluding hydrogens is 193 g/mol. The normalized spacial score (nSPS) is 24.5. The third-order valence-electron chi connectivity index (χ3n) is 1.95. The summed E-state index contributed by atoms with van der Waals surface area (Å²) in [5.74, 6) is 0. The van der Waals surface area contributed by atoms with Crippen molar-refractivity contribution in [1.82, 2.24) is 5.32 Å². The predicted molar refractivity (Wildman–Crippen MR) is 54.6 cm³/mol. The van der Waals surface area contributed by atoms with Gasteiger partial charge in [-0.2, -0.15) is 0 Å². The number of rotatable bonds is 3. The van der Waals surface area contributed by atoms with Crippen LogP contribution in [0, 0.1) is 0 Å². The molecule has 12 heavy (non-hydrogen) atoms. The Kier molecular flexibility index (Phi) is 4.74. The molecule has 1 aliphatic carbocycles. The lowest BCUT2D eigenvalue weighted by atomic mass is 10.0. The zero-order valence-corrected chi connectivity index (χ0v) is 8.41. The summed E-state index contributed by atoms with van der Waals surface area (Å²) in [6.07, 6.45) is 7.89. The van der Waals surface area contributed by atoms with Crippen LogP contribution in [0.2, 0.25) is 0 Å². The van der Waals surface area contributed by atoms with Gasteiger partial charge in [0.05, 0.1) is 0 Å². The molecule has 1 unspecified atom stereocenters. The minimum Gasteiger partial charge on any atom is -0.309 e. The summed E-state index contributed by atoms with van der Waals surface area (Å²) in [6, 6.07) is 0.570. The van der Waals surface area contributed by atoms with Gasteiger partial charge in [0.25, 0.3) is 0 Å². The zero-order valence-electron chi connectivity index (χ0n) is 6.89. The van der Waals surface area contributed by atoms with Gasteiger partial charge in [0.1, 0.15) is 0 Å². The minimum atomic E-state index is 0.570. The van der Waals surface area contributed by atoms with Crippen molar-refractivity contribution in [2.75, 3.05) is 6.54 Å². The van der Waals surface area contributed by atoms with Crippen LogP contribution in [0.5, 0.6) is 0 Å². The molecule has 0 amide bonds. The number of nitrogens with one attached hydrogen (secondary N) is 1. The highest BCUT2D eigenvalue weighted by Gasteiger charge is 2.08. The summed E-state index contributed by atoms with van der Waals surface area (Å²) >= 11 is 11.2. The van der Waals surface area contributed by atoms with E-state index in [1.54, 1.807) is 0 Å². The molecular formula is C9H13Cl2N. The quantitative estimate of drug-likeness (QED) is 0.700. The van der Waals surface area contributed by atoms with Gasteiger partial charge >= 0.3 is 0 Å². The second-order valence-corrected chi connectivity index (χ2v) is 3.62. The minimum absolute atomic E-state index is 0.570. The Bertz CT molecular complexity index is 187. The van der Waals surface area contributed by atoms with Crippen molar-refractivity contribution in [3.8, 4) is 0 Å². The molecule has 1 N–H and O–H groups in total. The molecule has 1 aliphatic rings. The van der Waals surface area contributed by atoms with Crippen molar-refractivity contribution < 1.29 is 0 Å². The summed E-state index contributed by atoms with van der Waals surface area (Å²) in [5.41, 5.74) is 1.41. The van der Waals surface area contributed by atoms with E-state index >= 15 is 0 Å². The highest BCUT2D eigenvalue weighted by molar-refractivity contribution is 6.36. The first-order valence-electron chi connectivity index (χ1n) is 4.16. The molecule has 3 heteroatoms. The van der Waals surface area contributed by atoms with Crippen molar-refractivity contribution in [3.63, 3.8) is 0 Å². The van der Waals surface area contributed by atoms with E-state index in [0.717, 1.165) is 6.42 Å². The van der Waals surface area contributed by atoms with Crippen LogP contribution >= 0.6 is 23.2 Å². The molecule has 1 rings (SSSR count). The van der Waals surface area contributed by atoms with E-state index in [1.165, 1.54) is 18.4 Å². The van der Waals surface area contributed by atoms with E-state index in [1.807, 2.05) is 0 Å². The van der Waals surface area contributed by atoms with Gasteiger partial charge < -0.3 is 5.32 Å². The van der Waals surface area contributed by atoms with Crippen LogP contribution in [-0.4, -0.2) is 12.6 Å². The zero-order chi connectivity index (χ0) is 8.81. The Morgan fingerprint density at radius 3 is 3.00 bits per heavy atom. The monoisotopic (exact) mass is 205 g/mol. The Morgan fingerprint density at radius 2 is 2.42 bits per heavy atom. The van der Waals surface area contributed by atoms with Crippen molar-refractivity contribution in [2.45, 2.75) is 25.3 Å². The third-order valence-corrected chi connectivity index (χ3v) is 2.56. The molecule has 0 aliphatic heterocycles. The molecule has 0 spiro atoms. The first-order chi connectivity index (χ1) is 5.83. The van der Waals surface area contributed by atoms with Gasteiger partial charge in [-0.25, -0.2) is 0 Å². The number of halogens is 2. The molecule has 0 radical (unpaired) electrons. The van der Waals surface area contributed by atoms with E-state index in [-0.39, 0.29) is 0 Å². The van der Waals surface area contributed by atoms with Crippen LogP contribution < -0.4 is 5.32 Å². The molecule has 0 aromatic carbocycles. The van der Waals surface area contributed by atoms with Crippen molar-refractivity contribution in [3.05, 3.63) is 22.7 Å². The maximum atomic E-state index is 5.73. The highest BCUT2D eigenvalue weighted by atomic mass is 35.5. The van der Waals surface area contributed by atoms with Crippen LogP contribution in [0.4, 0.5) is 0 Å². The molecule has 68 valence electrons. The fourth-order valence-electron chi connectivity index (χ4n) is 1.26. The standard InChI is InChI=1S/C9H13Cl2N/c10-6-8(11)7-12-9-4-2-1-3-5-9/h1-2,6,9,12H,3-5,7H2. The Labute approximate surface area is 83.4 Å². The fourth-order valence-corrected chi connectivity index (χ4v) is 1.41.